The molecule has 1 saturated carbocycles. The zero-order valence-electron chi connectivity index (χ0n) is 15.3. The highest BCUT2D eigenvalue weighted by atomic mass is 19.1. The van der Waals surface area contributed by atoms with Crippen LogP contribution < -0.4 is 10.6 Å². The third-order valence-electron chi connectivity index (χ3n) is 6.31. The maximum atomic E-state index is 13.4. The van der Waals surface area contributed by atoms with E-state index in [0.717, 1.165) is 45.2 Å². The maximum Gasteiger partial charge on any atom is 0.222 e. The fourth-order valence-corrected chi connectivity index (χ4v) is 4.76. The van der Waals surface area contributed by atoms with Gasteiger partial charge >= 0.3 is 0 Å². The molecule has 3 aliphatic rings. The van der Waals surface area contributed by atoms with Crippen LogP contribution >= 0.6 is 0 Å². The van der Waals surface area contributed by atoms with Crippen LogP contribution in [0.2, 0.25) is 0 Å². The number of halogens is 1. The molecule has 0 aromatic carbocycles. The first kappa shape index (κ1) is 18.6. The van der Waals surface area contributed by atoms with E-state index in [1.807, 2.05) is 11.9 Å². The Morgan fingerprint density at radius 1 is 1.24 bits per heavy atom. The largest absolute Gasteiger partial charge is 0.345 e. The third kappa shape index (κ3) is 5.16. The standard InChI is InChI=1S/C19H32FN3O2/c1-23-12-15(6-8-19(23)25)14-5-7-17(21-11-14)22-18(24)10-13-3-2-4-16(20)9-13/h13-17,21H,2-12H2,1H3,(H,22,24). The number of piperidine rings is 2. The molecular formula is C19H32FN3O2. The molecule has 5 nitrogen and oxygen atoms in total. The van der Waals surface area contributed by atoms with Crippen LogP contribution in [-0.2, 0) is 9.59 Å². The number of nitrogens with one attached hydrogen (secondary N) is 2. The second-order valence-electron chi connectivity index (χ2n) is 8.27. The van der Waals surface area contributed by atoms with Crippen LogP contribution in [0.1, 0.15) is 57.8 Å². The highest BCUT2D eigenvalue weighted by molar-refractivity contribution is 5.77. The molecule has 3 rings (SSSR count). The van der Waals surface area contributed by atoms with Gasteiger partial charge in [-0.1, -0.05) is 6.42 Å². The van der Waals surface area contributed by atoms with Crippen LogP contribution in [0, 0.1) is 17.8 Å². The minimum absolute atomic E-state index is 0.0384. The zero-order valence-corrected chi connectivity index (χ0v) is 15.3. The van der Waals surface area contributed by atoms with Crippen LogP contribution in [-0.4, -0.2) is 49.2 Å². The van der Waals surface area contributed by atoms with Crippen molar-refractivity contribution < 1.29 is 14.0 Å². The fraction of sp³-hybridized carbons (Fsp3) is 0.895. The van der Waals surface area contributed by atoms with Crippen LogP contribution in [0.3, 0.4) is 0 Å². The highest BCUT2D eigenvalue weighted by Crippen LogP contribution is 2.30. The van der Waals surface area contributed by atoms with Crippen molar-refractivity contribution in [1.29, 1.82) is 0 Å². The molecule has 2 N–H and O–H groups in total. The Bertz CT molecular complexity index is 479. The van der Waals surface area contributed by atoms with Crippen molar-refractivity contribution >= 4 is 11.8 Å². The maximum absolute atomic E-state index is 13.4. The highest BCUT2D eigenvalue weighted by Gasteiger charge is 2.32. The lowest BCUT2D eigenvalue weighted by Crippen LogP contribution is -2.53. The first-order chi connectivity index (χ1) is 12.0. The summed E-state index contributed by atoms with van der Waals surface area (Å²) in [6, 6.07) is 0. The first-order valence-electron chi connectivity index (χ1n) is 9.92. The van der Waals surface area contributed by atoms with Gasteiger partial charge in [-0.25, -0.2) is 4.39 Å². The van der Waals surface area contributed by atoms with Crippen molar-refractivity contribution in [3.05, 3.63) is 0 Å². The Morgan fingerprint density at radius 3 is 2.76 bits per heavy atom. The van der Waals surface area contributed by atoms with Gasteiger partial charge in [-0.3, -0.25) is 14.9 Å². The van der Waals surface area contributed by atoms with Crippen LogP contribution in [0.15, 0.2) is 0 Å². The van der Waals surface area contributed by atoms with E-state index in [1.54, 1.807) is 0 Å². The van der Waals surface area contributed by atoms with Crippen molar-refractivity contribution in [2.45, 2.75) is 70.1 Å². The first-order valence-corrected chi connectivity index (χ1v) is 9.92. The minimum Gasteiger partial charge on any atom is -0.345 e. The van der Waals surface area contributed by atoms with Crippen molar-refractivity contribution in [3.63, 3.8) is 0 Å². The number of alkyl halides is 1. The van der Waals surface area contributed by atoms with Gasteiger partial charge in [0.05, 0.1) is 6.17 Å². The topological polar surface area (TPSA) is 61.4 Å². The molecule has 2 saturated heterocycles. The second kappa shape index (κ2) is 8.47. The van der Waals surface area contributed by atoms with E-state index in [1.165, 1.54) is 0 Å². The van der Waals surface area contributed by atoms with Crippen LogP contribution in [0.5, 0.6) is 0 Å². The Kier molecular flexibility index (Phi) is 6.31. The summed E-state index contributed by atoms with van der Waals surface area (Å²) < 4.78 is 13.4. The zero-order chi connectivity index (χ0) is 17.8. The van der Waals surface area contributed by atoms with Crippen LogP contribution in [0.25, 0.3) is 0 Å². The molecule has 0 bridgehead atoms. The molecule has 2 aliphatic heterocycles. The molecule has 0 aromatic heterocycles. The summed E-state index contributed by atoms with van der Waals surface area (Å²) in [5, 5.41) is 6.54. The van der Waals surface area contributed by atoms with E-state index in [2.05, 4.69) is 10.6 Å². The normalized spacial score (nSPS) is 37.0. The van der Waals surface area contributed by atoms with Gasteiger partial charge in [-0.2, -0.15) is 0 Å². The predicted octanol–water partition coefficient (Wildman–Crippen LogP) is 2.22. The molecule has 6 heteroatoms. The van der Waals surface area contributed by atoms with Gasteiger partial charge in [0.2, 0.25) is 11.8 Å². The van der Waals surface area contributed by atoms with E-state index in [4.69, 9.17) is 0 Å². The van der Waals surface area contributed by atoms with Crippen molar-refractivity contribution in [2.75, 3.05) is 20.1 Å². The number of rotatable bonds is 4. The van der Waals surface area contributed by atoms with E-state index in [0.29, 0.717) is 37.5 Å². The van der Waals surface area contributed by atoms with Gasteiger partial charge in [0.15, 0.2) is 0 Å². The van der Waals surface area contributed by atoms with Crippen molar-refractivity contribution in [2.24, 2.45) is 17.8 Å². The van der Waals surface area contributed by atoms with Gasteiger partial charge < -0.3 is 10.2 Å². The predicted molar refractivity (Wildman–Crippen MR) is 94.5 cm³/mol. The molecule has 0 spiro atoms. The number of carbonyl (C=O) groups is 2. The number of hydrogen-bond donors (Lipinski definition) is 2. The lowest BCUT2D eigenvalue weighted by molar-refractivity contribution is -0.134. The van der Waals surface area contributed by atoms with Crippen LogP contribution in [0.4, 0.5) is 4.39 Å². The van der Waals surface area contributed by atoms with Crippen molar-refractivity contribution in [1.82, 2.24) is 15.5 Å². The number of nitrogens with zero attached hydrogens (tertiary/aromatic N) is 1. The smallest absolute Gasteiger partial charge is 0.222 e. The summed E-state index contributed by atoms with van der Waals surface area (Å²) in [6.45, 7) is 1.75. The monoisotopic (exact) mass is 353 g/mol. The number of carbonyl (C=O) groups excluding carboxylic acids is 2. The number of likely N-dealkylation sites (tertiary alicyclic amines) is 1. The Balaban J connectivity index is 1.37. The molecule has 5 atom stereocenters. The molecule has 2 heterocycles. The van der Waals surface area contributed by atoms with Gasteiger partial charge in [0.25, 0.3) is 0 Å². The molecule has 0 radical (unpaired) electrons. The molecule has 5 unspecified atom stereocenters. The molecule has 0 aromatic rings. The van der Waals surface area contributed by atoms with Crippen molar-refractivity contribution in [3.8, 4) is 0 Å². The van der Waals surface area contributed by atoms with E-state index >= 15 is 0 Å². The van der Waals surface area contributed by atoms with Gasteiger partial charge in [0.1, 0.15) is 6.17 Å². The average molecular weight is 353 g/mol. The average Bonchev–Trinajstić information content (AvgIpc) is 2.58. The molecule has 3 fully saturated rings. The Labute approximate surface area is 150 Å². The second-order valence-corrected chi connectivity index (χ2v) is 8.27. The van der Waals surface area contributed by atoms with Gasteiger partial charge in [-0.15, -0.1) is 0 Å². The summed E-state index contributed by atoms with van der Waals surface area (Å²) in [5.41, 5.74) is 0. The Hall–Kier alpha value is -1.17. The molecule has 142 valence electrons. The van der Waals surface area contributed by atoms with E-state index in [-0.39, 0.29) is 23.9 Å². The summed E-state index contributed by atoms with van der Waals surface area (Å²) in [5.74, 6) is 1.65. The van der Waals surface area contributed by atoms with E-state index < -0.39 is 6.17 Å². The lowest BCUT2D eigenvalue weighted by atomic mass is 9.80. The summed E-state index contributed by atoms with van der Waals surface area (Å²) in [6.07, 6.45) is 6.51. The molecule has 2 amide bonds. The fourth-order valence-electron chi connectivity index (χ4n) is 4.76. The molecule has 1 aliphatic carbocycles. The summed E-state index contributed by atoms with van der Waals surface area (Å²) in [7, 11) is 1.89. The molecule has 25 heavy (non-hydrogen) atoms. The molecular weight excluding hydrogens is 321 g/mol. The summed E-state index contributed by atoms with van der Waals surface area (Å²) >= 11 is 0. The number of amides is 2. The van der Waals surface area contributed by atoms with Gasteiger partial charge in [-0.05, 0) is 56.3 Å². The van der Waals surface area contributed by atoms with Gasteiger partial charge in [0, 0.05) is 33.0 Å². The summed E-state index contributed by atoms with van der Waals surface area (Å²) in [4.78, 5) is 25.7. The lowest BCUT2D eigenvalue weighted by Gasteiger charge is -2.39. The number of hydrogen-bond acceptors (Lipinski definition) is 3. The minimum atomic E-state index is -0.722. The van der Waals surface area contributed by atoms with E-state index in [9.17, 15) is 14.0 Å². The third-order valence-corrected chi connectivity index (χ3v) is 6.31. The Morgan fingerprint density at radius 2 is 2.08 bits per heavy atom. The SMILES string of the molecule is CN1CC(C2CCC(NC(=O)CC3CCCC(F)C3)NC2)CCC1=O. The quantitative estimate of drug-likeness (QED) is 0.815.